The predicted molar refractivity (Wildman–Crippen MR) is 101 cm³/mol. The number of likely N-dealkylation sites (tertiary alicyclic amines) is 1. The van der Waals surface area contributed by atoms with E-state index in [1.807, 2.05) is 36.8 Å². The van der Waals surface area contributed by atoms with Crippen LogP contribution in [0.3, 0.4) is 0 Å². The zero-order valence-electron chi connectivity index (χ0n) is 15.2. The van der Waals surface area contributed by atoms with Gasteiger partial charge < -0.3 is 4.74 Å². The van der Waals surface area contributed by atoms with Crippen molar-refractivity contribution in [1.29, 1.82) is 0 Å². The number of rotatable bonds is 6. The Hall–Kier alpha value is -2.57. The lowest BCUT2D eigenvalue weighted by Crippen LogP contribution is -2.36. The van der Waals surface area contributed by atoms with Gasteiger partial charge in [-0.15, -0.1) is 0 Å². The van der Waals surface area contributed by atoms with Crippen molar-refractivity contribution >= 4 is 0 Å². The van der Waals surface area contributed by atoms with E-state index in [2.05, 4.69) is 15.0 Å². The van der Waals surface area contributed by atoms with E-state index < -0.39 is 0 Å². The van der Waals surface area contributed by atoms with Crippen LogP contribution in [0, 0.1) is 5.82 Å². The molecule has 3 heterocycles. The summed E-state index contributed by atoms with van der Waals surface area (Å²) in [5, 5.41) is 4.36. The molecule has 0 radical (unpaired) electrons. The molecule has 1 saturated heterocycles. The fourth-order valence-corrected chi connectivity index (χ4v) is 3.39. The number of aromatic nitrogens is 3. The minimum absolute atomic E-state index is 0.252. The van der Waals surface area contributed by atoms with Crippen molar-refractivity contribution < 1.29 is 9.13 Å². The summed E-state index contributed by atoms with van der Waals surface area (Å²) >= 11 is 0. The molecule has 0 unspecified atom stereocenters. The lowest BCUT2D eigenvalue weighted by molar-refractivity contribution is -0.00403. The summed E-state index contributed by atoms with van der Waals surface area (Å²) in [6, 6.07) is 10.5. The standard InChI is InChI=1S/C21H23FN4O/c22-19-4-1-5-20(11-19)26-15-18(13-24-26)14-25-9-6-21(7-10-25)27-16-17-3-2-8-23-12-17/h1-5,8,11-13,15,21H,6-7,9-10,14,16H2. The number of ether oxygens (including phenoxy) is 1. The zero-order valence-corrected chi connectivity index (χ0v) is 15.2. The molecule has 1 aliphatic heterocycles. The number of nitrogens with zero attached hydrogens (tertiary/aromatic N) is 4. The smallest absolute Gasteiger partial charge is 0.125 e. The van der Waals surface area contributed by atoms with Gasteiger partial charge in [-0.2, -0.15) is 5.10 Å². The van der Waals surface area contributed by atoms with E-state index in [0.717, 1.165) is 49.3 Å². The lowest BCUT2D eigenvalue weighted by atomic mass is 10.1. The van der Waals surface area contributed by atoms with Crippen LogP contribution in [-0.4, -0.2) is 38.9 Å². The number of halogens is 1. The monoisotopic (exact) mass is 366 g/mol. The third-order valence-corrected chi connectivity index (χ3v) is 4.86. The molecular weight excluding hydrogens is 343 g/mol. The van der Waals surface area contributed by atoms with Crippen LogP contribution in [0.1, 0.15) is 24.0 Å². The van der Waals surface area contributed by atoms with Gasteiger partial charge in [-0.25, -0.2) is 9.07 Å². The highest BCUT2D eigenvalue weighted by molar-refractivity contribution is 5.31. The Morgan fingerprint density at radius 2 is 1.96 bits per heavy atom. The molecule has 0 amide bonds. The largest absolute Gasteiger partial charge is 0.373 e. The van der Waals surface area contributed by atoms with E-state index in [0.29, 0.717) is 12.7 Å². The molecule has 1 fully saturated rings. The van der Waals surface area contributed by atoms with Gasteiger partial charge in [0, 0.05) is 43.8 Å². The zero-order chi connectivity index (χ0) is 18.5. The van der Waals surface area contributed by atoms with Gasteiger partial charge in [0.2, 0.25) is 0 Å². The summed E-state index contributed by atoms with van der Waals surface area (Å²) in [6.45, 7) is 3.48. The molecule has 0 saturated carbocycles. The van der Waals surface area contributed by atoms with Crippen LogP contribution in [0.25, 0.3) is 5.69 Å². The lowest BCUT2D eigenvalue weighted by Gasteiger charge is -2.31. The minimum atomic E-state index is -0.252. The highest BCUT2D eigenvalue weighted by Gasteiger charge is 2.20. The minimum Gasteiger partial charge on any atom is -0.373 e. The predicted octanol–water partition coefficient (Wildman–Crippen LogP) is 3.59. The highest BCUT2D eigenvalue weighted by Crippen LogP contribution is 2.18. The highest BCUT2D eigenvalue weighted by atomic mass is 19.1. The van der Waals surface area contributed by atoms with Crippen LogP contribution in [0.5, 0.6) is 0 Å². The quantitative estimate of drug-likeness (QED) is 0.669. The molecule has 6 heteroatoms. The van der Waals surface area contributed by atoms with Crippen LogP contribution in [0.15, 0.2) is 61.2 Å². The van der Waals surface area contributed by atoms with Gasteiger partial charge in [0.05, 0.1) is 24.6 Å². The third kappa shape index (κ3) is 4.78. The van der Waals surface area contributed by atoms with Crippen molar-refractivity contribution in [2.45, 2.75) is 32.1 Å². The number of benzene rings is 1. The normalized spacial score (nSPS) is 15.9. The van der Waals surface area contributed by atoms with Crippen molar-refractivity contribution in [1.82, 2.24) is 19.7 Å². The molecule has 3 aromatic rings. The molecule has 4 rings (SSSR count). The maximum absolute atomic E-state index is 13.4. The first kappa shape index (κ1) is 17.8. The van der Waals surface area contributed by atoms with Crippen LogP contribution < -0.4 is 0 Å². The second-order valence-electron chi connectivity index (χ2n) is 6.92. The van der Waals surface area contributed by atoms with Crippen LogP contribution in [-0.2, 0) is 17.9 Å². The van der Waals surface area contributed by atoms with Gasteiger partial charge >= 0.3 is 0 Å². The van der Waals surface area contributed by atoms with Gasteiger partial charge in [-0.05, 0) is 42.7 Å². The summed E-state index contributed by atoms with van der Waals surface area (Å²) in [7, 11) is 0. The molecule has 1 aliphatic rings. The first-order valence-electron chi connectivity index (χ1n) is 9.28. The second-order valence-corrected chi connectivity index (χ2v) is 6.92. The van der Waals surface area contributed by atoms with Gasteiger partial charge in [0.1, 0.15) is 5.82 Å². The Kier molecular flexibility index (Phi) is 5.55. The van der Waals surface area contributed by atoms with E-state index in [1.165, 1.54) is 12.1 Å². The summed E-state index contributed by atoms with van der Waals surface area (Å²) in [5.74, 6) is -0.252. The Bertz CT molecular complexity index is 859. The maximum atomic E-state index is 13.4. The molecule has 27 heavy (non-hydrogen) atoms. The second kappa shape index (κ2) is 8.41. The van der Waals surface area contributed by atoms with Crippen molar-refractivity contribution in [2.24, 2.45) is 0 Å². The van der Waals surface area contributed by atoms with Crippen molar-refractivity contribution in [3.8, 4) is 5.69 Å². The van der Waals surface area contributed by atoms with E-state index >= 15 is 0 Å². The molecular formula is C21H23FN4O. The Morgan fingerprint density at radius 1 is 1.07 bits per heavy atom. The molecule has 140 valence electrons. The molecule has 0 aliphatic carbocycles. The number of hydrogen-bond acceptors (Lipinski definition) is 4. The van der Waals surface area contributed by atoms with Gasteiger partial charge in [0.15, 0.2) is 0 Å². The third-order valence-electron chi connectivity index (χ3n) is 4.86. The molecule has 0 bridgehead atoms. The average Bonchev–Trinajstić information content (AvgIpc) is 3.17. The molecule has 2 aromatic heterocycles. The molecule has 0 spiro atoms. The van der Waals surface area contributed by atoms with Crippen LogP contribution in [0.4, 0.5) is 4.39 Å². The first-order chi connectivity index (χ1) is 13.3. The maximum Gasteiger partial charge on any atom is 0.125 e. The summed E-state index contributed by atoms with van der Waals surface area (Å²) in [5.41, 5.74) is 2.99. The van der Waals surface area contributed by atoms with E-state index in [4.69, 9.17) is 4.74 Å². The van der Waals surface area contributed by atoms with Crippen LogP contribution in [0.2, 0.25) is 0 Å². The van der Waals surface area contributed by atoms with Crippen molar-refractivity contribution in [2.75, 3.05) is 13.1 Å². The Morgan fingerprint density at radius 3 is 2.74 bits per heavy atom. The van der Waals surface area contributed by atoms with Gasteiger partial charge in [-0.3, -0.25) is 9.88 Å². The van der Waals surface area contributed by atoms with E-state index in [1.54, 1.807) is 16.9 Å². The SMILES string of the molecule is Fc1cccc(-n2cc(CN3CCC(OCc4cccnc4)CC3)cn2)c1. The topological polar surface area (TPSA) is 43.2 Å². The number of piperidine rings is 1. The Balaban J connectivity index is 1.26. The van der Waals surface area contributed by atoms with Crippen LogP contribution >= 0.6 is 0 Å². The van der Waals surface area contributed by atoms with E-state index in [-0.39, 0.29) is 5.82 Å². The average molecular weight is 366 g/mol. The molecule has 5 nitrogen and oxygen atoms in total. The summed E-state index contributed by atoms with van der Waals surface area (Å²) < 4.78 is 21.1. The van der Waals surface area contributed by atoms with Crippen molar-refractivity contribution in [3.63, 3.8) is 0 Å². The van der Waals surface area contributed by atoms with Crippen molar-refractivity contribution in [3.05, 3.63) is 78.1 Å². The fraction of sp³-hybridized carbons (Fsp3) is 0.333. The number of pyridine rings is 1. The Labute approximate surface area is 158 Å². The number of hydrogen-bond donors (Lipinski definition) is 0. The molecule has 1 aromatic carbocycles. The molecule has 0 N–H and O–H groups in total. The summed E-state index contributed by atoms with van der Waals surface area (Å²) in [4.78, 5) is 6.53. The first-order valence-corrected chi connectivity index (χ1v) is 9.28. The van der Waals surface area contributed by atoms with E-state index in [9.17, 15) is 4.39 Å². The molecule has 0 atom stereocenters. The van der Waals surface area contributed by atoms with Gasteiger partial charge in [0.25, 0.3) is 0 Å². The fourth-order valence-electron chi connectivity index (χ4n) is 3.39. The summed E-state index contributed by atoms with van der Waals surface area (Å²) in [6.07, 6.45) is 9.81. The van der Waals surface area contributed by atoms with Gasteiger partial charge in [-0.1, -0.05) is 12.1 Å².